The summed E-state index contributed by atoms with van der Waals surface area (Å²) in [6.45, 7) is 6.48. The third-order valence-electron chi connectivity index (χ3n) is 9.23. The van der Waals surface area contributed by atoms with Crippen molar-refractivity contribution in [3.63, 3.8) is 0 Å². The number of methoxy groups -OCH3 is 1. The first kappa shape index (κ1) is 15.6. The van der Waals surface area contributed by atoms with Crippen molar-refractivity contribution >= 4 is 5.78 Å². The number of aliphatic hydroxyl groups is 1. The molecule has 0 aromatic rings. The molecule has 2 bridgehead atoms. The zero-order valence-corrected chi connectivity index (χ0v) is 15.0. The van der Waals surface area contributed by atoms with E-state index in [0.717, 1.165) is 44.1 Å². The van der Waals surface area contributed by atoms with Gasteiger partial charge in [-0.3, -0.25) is 4.79 Å². The molecule has 132 valence electrons. The molecule has 0 radical (unpaired) electrons. The van der Waals surface area contributed by atoms with Crippen LogP contribution >= 0.6 is 0 Å². The van der Waals surface area contributed by atoms with Gasteiger partial charge in [-0.2, -0.15) is 0 Å². The van der Waals surface area contributed by atoms with E-state index < -0.39 is 11.5 Å². The Labute approximate surface area is 144 Å². The van der Waals surface area contributed by atoms with Crippen molar-refractivity contribution in [2.24, 2.45) is 34.5 Å². The van der Waals surface area contributed by atoms with E-state index in [-0.39, 0.29) is 16.8 Å². The standard InChI is InChI=1S/C21H30O3/c1-12-5-4-7-19(24-3)11-21(19)15(12)10-17(22)20-8-6-14(9-16(20)21)13(2)18(20)23/h12,14-17,22H,2,4-11H2,1,3H3. The number of fused-ring (bicyclic) bond motifs is 2. The number of hydrogen-bond donors (Lipinski definition) is 1. The largest absolute Gasteiger partial charge is 0.392 e. The first-order chi connectivity index (χ1) is 11.4. The van der Waals surface area contributed by atoms with Gasteiger partial charge in [-0.15, -0.1) is 0 Å². The molecule has 24 heavy (non-hydrogen) atoms. The van der Waals surface area contributed by atoms with Crippen molar-refractivity contribution in [3.05, 3.63) is 12.2 Å². The molecule has 0 aromatic carbocycles. The topological polar surface area (TPSA) is 46.5 Å². The number of ketones is 1. The Hall–Kier alpha value is -0.670. The second-order valence-electron chi connectivity index (χ2n) is 9.56. The Balaban J connectivity index is 1.68. The van der Waals surface area contributed by atoms with Gasteiger partial charge in [0.25, 0.3) is 0 Å². The van der Waals surface area contributed by atoms with E-state index in [0.29, 0.717) is 23.7 Å². The minimum atomic E-state index is -0.549. The molecule has 6 aliphatic rings. The summed E-state index contributed by atoms with van der Waals surface area (Å²) in [5, 5.41) is 11.2. The molecule has 0 saturated heterocycles. The Morgan fingerprint density at radius 2 is 2.04 bits per heavy atom. The summed E-state index contributed by atoms with van der Waals surface area (Å²) < 4.78 is 6.18. The van der Waals surface area contributed by atoms with Crippen LogP contribution in [0.3, 0.4) is 0 Å². The van der Waals surface area contributed by atoms with Crippen LogP contribution in [0.15, 0.2) is 12.2 Å². The van der Waals surface area contributed by atoms with Gasteiger partial charge in [0.2, 0.25) is 0 Å². The van der Waals surface area contributed by atoms with E-state index in [1.165, 1.54) is 12.8 Å². The molecule has 8 unspecified atom stereocenters. The molecule has 6 rings (SSSR count). The Bertz CT molecular complexity index is 627. The van der Waals surface area contributed by atoms with E-state index >= 15 is 0 Å². The number of ether oxygens (including phenoxy) is 1. The van der Waals surface area contributed by atoms with E-state index in [4.69, 9.17) is 4.74 Å². The summed E-state index contributed by atoms with van der Waals surface area (Å²) in [7, 11) is 1.88. The molecule has 2 spiro atoms. The fourth-order valence-corrected chi connectivity index (χ4v) is 8.09. The lowest BCUT2D eigenvalue weighted by molar-refractivity contribution is -0.189. The molecule has 6 fully saturated rings. The number of carbonyl (C=O) groups excluding carboxylic acids is 1. The Morgan fingerprint density at radius 3 is 2.79 bits per heavy atom. The summed E-state index contributed by atoms with van der Waals surface area (Å²) in [4.78, 5) is 13.2. The highest BCUT2D eigenvalue weighted by Gasteiger charge is 2.82. The molecule has 8 atom stereocenters. The molecule has 1 N–H and O–H groups in total. The van der Waals surface area contributed by atoms with Crippen molar-refractivity contribution < 1.29 is 14.6 Å². The fraction of sp³-hybridized carbons (Fsp3) is 0.857. The summed E-state index contributed by atoms with van der Waals surface area (Å²) in [6, 6.07) is 0. The van der Waals surface area contributed by atoms with Gasteiger partial charge in [-0.25, -0.2) is 0 Å². The van der Waals surface area contributed by atoms with Gasteiger partial charge in [-0.05, 0) is 67.8 Å². The highest BCUT2D eigenvalue weighted by molar-refractivity contribution is 6.02. The zero-order valence-electron chi connectivity index (χ0n) is 15.0. The normalized spacial score (nSPS) is 58.5. The highest BCUT2D eigenvalue weighted by atomic mass is 16.5. The summed E-state index contributed by atoms with van der Waals surface area (Å²) >= 11 is 0. The molecule has 3 heteroatoms. The first-order valence-corrected chi connectivity index (χ1v) is 9.90. The van der Waals surface area contributed by atoms with Crippen molar-refractivity contribution in [1.82, 2.24) is 0 Å². The number of rotatable bonds is 1. The minimum Gasteiger partial charge on any atom is -0.392 e. The van der Waals surface area contributed by atoms with Crippen LogP contribution < -0.4 is 0 Å². The van der Waals surface area contributed by atoms with Crippen LogP contribution in [0.5, 0.6) is 0 Å². The van der Waals surface area contributed by atoms with Crippen molar-refractivity contribution in [3.8, 4) is 0 Å². The maximum Gasteiger partial charge on any atom is 0.167 e. The quantitative estimate of drug-likeness (QED) is 0.749. The first-order valence-electron chi connectivity index (χ1n) is 9.90. The summed E-state index contributed by atoms with van der Waals surface area (Å²) in [5.74, 6) is 1.97. The molecule has 3 nitrogen and oxygen atoms in total. The second kappa shape index (κ2) is 4.54. The number of carbonyl (C=O) groups is 1. The second-order valence-corrected chi connectivity index (χ2v) is 9.56. The predicted octanol–water partition coefficient (Wildman–Crippen LogP) is 3.50. The van der Waals surface area contributed by atoms with Gasteiger partial charge in [0, 0.05) is 12.5 Å². The van der Waals surface area contributed by atoms with E-state index in [1.54, 1.807) is 0 Å². The van der Waals surface area contributed by atoms with Crippen LogP contribution in [0, 0.1) is 34.5 Å². The molecule has 0 heterocycles. The maximum atomic E-state index is 13.2. The minimum absolute atomic E-state index is 0.0284. The van der Waals surface area contributed by atoms with E-state index in [9.17, 15) is 9.90 Å². The van der Waals surface area contributed by atoms with Gasteiger partial charge in [0.15, 0.2) is 5.78 Å². The Kier molecular flexibility index (Phi) is 2.94. The average Bonchev–Trinajstić information content (AvgIpc) is 3.25. The molecule has 6 saturated carbocycles. The van der Waals surface area contributed by atoms with Crippen molar-refractivity contribution in [1.29, 1.82) is 0 Å². The maximum absolute atomic E-state index is 13.2. The third-order valence-corrected chi connectivity index (χ3v) is 9.23. The van der Waals surface area contributed by atoms with Gasteiger partial charge >= 0.3 is 0 Å². The van der Waals surface area contributed by atoms with Crippen LogP contribution in [0.25, 0.3) is 0 Å². The number of aliphatic hydroxyl groups excluding tert-OH is 1. The number of hydrogen-bond acceptors (Lipinski definition) is 3. The van der Waals surface area contributed by atoms with Crippen molar-refractivity contribution in [2.45, 2.75) is 70.0 Å². The number of Topliss-reactive ketones (excluding diaryl/α,β-unsaturated/α-hetero) is 1. The van der Waals surface area contributed by atoms with E-state index in [2.05, 4.69) is 13.5 Å². The average molecular weight is 330 g/mol. The van der Waals surface area contributed by atoms with Crippen molar-refractivity contribution in [2.75, 3.05) is 7.11 Å². The summed E-state index contributed by atoms with van der Waals surface area (Å²) in [6.07, 6.45) is 7.94. The van der Waals surface area contributed by atoms with Gasteiger partial charge in [0.05, 0.1) is 17.1 Å². The molecule has 0 amide bonds. The monoisotopic (exact) mass is 330 g/mol. The SMILES string of the molecule is C=C1C(=O)C23CCC1CC2C12CC1(OC)CCCC(C)C2CC3O. The zero-order chi connectivity index (χ0) is 16.9. The van der Waals surface area contributed by atoms with Gasteiger partial charge < -0.3 is 9.84 Å². The Morgan fingerprint density at radius 1 is 1.25 bits per heavy atom. The molecule has 0 aliphatic heterocycles. The summed E-state index contributed by atoms with van der Waals surface area (Å²) in [5.41, 5.74) is 0.356. The third kappa shape index (κ3) is 1.44. The molecule has 6 aliphatic carbocycles. The van der Waals surface area contributed by atoms with Crippen LogP contribution in [-0.4, -0.2) is 29.7 Å². The van der Waals surface area contributed by atoms with Crippen LogP contribution in [-0.2, 0) is 9.53 Å². The lowest BCUT2D eigenvalue weighted by Crippen LogP contribution is -2.65. The molecular weight excluding hydrogens is 300 g/mol. The highest BCUT2D eigenvalue weighted by Crippen LogP contribution is 2.81. The lowest BCUT2D eigenvalue weighted by atomic mass is 9.41. The molecule has 0 aromatic heterocycles. The fourth-order valence-electron chi connectivity index (χ4n) is 8.09. The molecular formula is C21H30O3. The van der Waals surface area contributed by atoms with Gasteiger partial charge in [-0.1, -0.05) is 26.3 Å². The van der Waals surface area contributed by atoms with Crippen LogP contribution in [0.1, 0.15) is 58.3 Å². The van der Waals surface area contributed by atoms with Crippen LogP contribution in [0.4, 0.5) is 0 Å². The predicted molar refractivity (Wildman–Crippen MR) is 91.3 cm³/mol. The lowest BCUT2D eigenvalue weighted by Gasteiger charge is -2.62. The smallest absolute Gasteiger partial charge is 0.167 e. The number of allylic oxidation sites excluding steroid dienone is 1. The van der Waals surface area contributed by atoms with E-state index in [1.807, 2.05) is 7.11 Å². The van der Waals surface area contributed by atoms with Crippen LogP contribution in [0.2, 0.25) is 0 Å². The van der Waals surface area contributed by atoms with Gasteiger partial charge in [0.1, 0.15) is 0 Å².